The number of hydrogen-bond donors (Lipinski definition) is 0. The summed E-state index contributed by atoms with van der Waals surface area (Å²) in [4.78, 5) is 0. The predicted molar refractivity (Wildman–Crippen MR) is 46.7 cm³/mol. The Morgan fingerprint density at radius 1 is 1.20 bits per heavy atom. The number of nitrogens with zero attached hydrogens (tertiary/aromatic N) is 1. The second kappa shape index (κ2) is 2.46. The van der Waals surface area contributed by atoms with Crippen LogP contribution in [0.2, 0.25) is 0 Å². The molecule has 0 bridgehead atoms. The van der Waals surface area contributed by atoms with E-state index in [9.17, 15) is 0 Å². The average Bonchev–Trinajstić information content (AvgIpc) is 2.21. The lowest BCUT2D eigenvalue weighted by atomic mass is 10.0. The van der Waals surface area contributed by atoms with Gasteiger partial charge in [-0.3, -0.25) is 4.67 Å². The highest BCUT2D eigenvalue weighted by Gasteiger charge is 2.37. The largest absolute Gasteiger partial charge is 0.287 e. The van der Waals surface area contributed by atoms with Crippen LogP contribution in [0.1, 0.15) is 19.8 Å². The predicted octanol–water partition coefficient (Wildman–Crippen LogP) is 1.75. The zero-order valence-corrected chi connectivity index (χ0v) is 7.74. The molecule has 0 amide bonds. The average molecular weight is 157 g/mol. The van der Waals surface area contributed by atoms with E-state index < -0.39 is 0 Å². The standard InChI is InChI=1S/C8H16NP/c1-6-2-7-4-9(10)5-8(7)3-6/h6-8H,2-5,10H2,1H3/t6-,7-,8+. The van der Waals surface area contributed by atoms with Crippen LogP contribution in [-0.2, 0) is 0 Å². The molecule has 1 saturated heterocycles. The Kier molecular flexibility index (Phi) is 1.74. The highest BCUT2D eigenvalue weighted by molar-refractivity contribution is 7.13. The van der Waals surface area contributed by atoms with Gasteiger partial charge in [0.15, 0.2) is 0 Å². The van der Waals surface area contributed by atoms with Crippen LogP contribution in [0.5, 0.6) is 0 Å². The van der Waals surface area contributed by atoms with Gasteiger partial charge in [0.25, 0.3) is 0 Å². The van der Waals surface area contributed by atoms with Crippen molar-refractivity contribution in [2.45, 2.75) is 19.8 Å². The van der Waals surface area contributed by atoms with Gasteiger partial charge in [0.2, 0.25) is 0 Å². The van der Waals surface area contributed by atoms with E-state index in [1.165, 1.54) is 25.9 Å². The van der Waals surface area contributed by atoms with Crippen LogP contribution >= 0.6 is 9.39 Å². The van der Waals surface area contributed by atoms with Crippen LogP contribution < -0.4 is 0 Å². The Morgan fingerprint density at radius 3 is 2.20 bits per heavy atom. The van der Waals surface area contributed by atoms with Crippen LogP contribution in [0, 0.1) is 17.8 Å². The summed E-state index contributed by atoms with van der Waals surface area (Å²) < 4.78 is 2.40. The van der Waals surface area contributed by atoms with Gasteiger partial charge in [-0.05, 0) is 30.6 Å². The molecular weight excluding hydrogens is 141 g/mol. The SMILES string of the molecule is C[C@@H]1C[C@@H]2CN(P)C[C@@H]2C1. The Labute approximate surface area is 65.4 Å². The minimum absolute atomic E-state index is 1.01. The van der Waals surface area contributed by atoms with Gasteiger partial charge in [0.1, 0.15) is 0 Å². The molecule has 1 unspecified atom stereocenters. The summed E-state index contributed by atoms with van der Waals surface area (Å²) >= 11 is 0. The molecule has 1 aliphatic heterocycles. The third-order valence-electron chi connectivity index (χ3n) is 3.01. The van der Waals surface area contributed by atoms with Crippen molar-refractivity contribution < 1.29 is 0 Å². The fourth-order valence-corrected chi connectivity index (χ4v) is 3.18. The molecule has 0 N–H and O–H groups in total. The Bertz CT molecular complexity index is 109. The zero-order valence-electron chi connectivity index (χ0n) is 6.59. The first kappa shape index (κ1) is 7.06. The van der Waals surface area contributed by atoms with Crippen molar-refractivity contribution in [3.8, 4) is 0 Å². The Morgan fingerprint density at radius 2 is 1.70 bits per heavy atom. The van der Waals surface area contributed by atoms with Gasteiger partial charge in [-0.2, -0.15) is 0 Å². The van der Waals surface area contributed by atoms with Crippen molar-refractivity contribution in [1.29, 1.82) is 0 Å². The van der Waals surface area contributed by atoms with Crippen molar-refractivity contribution in [2.75, 3.05) is 13.1 Å². The molecule has 0 aromatic carbocycles. The highest BCUT2D eigenvalue weighted by Crippen LogP contribution is 2.41. The first-order valence-electron chi connectivity index (χ1n) is 4.25. The normalized spacial score (nSPS) is 48.0. The van der Waals surface area contributed by atoms with E-state index in [-0.39, 0.29) is 0 Å². The van der Waals surface area contributed by atoms with Crippen molar-refractivity contribution in [3.05, 3.63) is 0 Å². The molecule has 1 heterocycles. The molecule has 2 heteroatoms. The van der Waals surface area contributed by atoms with E-state index in [1.54, 1.807) is 0 Å². The summed E-state index contributed by atoms with van der Waals surface area (Å²) in [5, 5.41) is 0. The molecule has 4 atom stereocenters. The third kappa shape index (κ3) is 1.10. The van der Waals surface area contributed by atoms with E-state index >= 15 is 0 Å². The van der Waals surface area contributed by atoms with E-state index in [0.717, 1.165) is 17.8 Å². The van der Waals surface area contributed by atoms with Crippen LogP contribution in [0.15, 0.2) is 0 Å². The topological polar surface area (TPSA) is 3.24 Å². The maximum Gasteiger partial charge on any atom is 0.00479 e. The van der Waals surface area contributed by atoms with E-state index in [4.69, 9.17) is 0 Å². The molecule has 2 rings (SSSR count). The van der Waals surface area contributed by atoms with Crippen molar-refractivity contribution in [3.63, 3.8) is 0 Å². The van der Waals surface area contributed by atoms with Crippen molar-refractivity contribution in [2.24, 2.45) is 17.8 Å². The number of rotatable bonds is 0. The molecule has 10 heavy (non-hydrogen) atoms. The van der Waals surface area contributed by atoms with Gasteiger partial charge in [-0.25, -0.2) is 0 Å². The number of fused-ring (bicyclic) bond motifs is 1. The lowest BCUT2D eigenvalue weighted by Crippen LogP contribution is -2.08. The third-order valence-corrected chi connectivity index (χ3v) is 3.44. The van der Waals surface area contributed by atoms with Gasteiger partial charge >= 0.3 is 0 Å². The summed E-state index contributed by atoms with van der Waals surface area (Å²) in [7, 11) is 2.83. The van der Waals surface area contributed by atoms with E-state index in [0.29, 0.717) is 0 Å². The molecule has 58 valence electrons. The molecule has 0 radical (unpaired) electrons. The minimum atomic E-state index is 1.01. The fourth-order valence-electron chi connectivity index (χ4n) is 2.64. The zero-order chi connectivity index (χ0) is 7.14. The summed E-state index contributed by atoms with van der Waals surface area (Å²) in [5.41, 5.74) is 0. The van der Waals surface area contributed by atoms with Crippen LogP contribution in [0.4, 0.5) is 0 Å². The van der Waals surface area contributed by atoms with Gasteiger partial charge in [0, 0.05) is 13.1 Å². The Balaban J connectivity index is 2.00. The van der Waals surface area contributed by atoms with E-state index in [1.807, 2.05) is 0 Å². The quantitative estimate of drug-likeness (QED) is 0.484. The summed E-state index contributed by atoms with van der Waals surface area (Å²) in [6.07, 6.45) is 2.96. The van der Waals surface area contributed by atoms with Gasteiger partial charge in [-0.1, -0.05) is 16.3 Å². The second-order valence-corrected chi connectivity index (χ2v) is 4.78. The molecule has 1 saturated carbocycles. The van der Waals surface area contributed by atoms with Crippen LogP contribution in [-0.4, -0.2) is 17.8 Å². The fraction of sp³-hybridized carbons (Fsp3) is 1.00. The highest BCUT2D eigenvalue weighted by atomic mass is 31.0. The van der Waals surface area contributed by atoms with Gasteiger partial charge in [-0.15, -0.1) is 0 Å². The lowest BCUT2D eigenvalue weighted by Gasteiger charge is -2.09. The Hall–Kier alpha value is 0.390. The molecule has 0 aromatic rings. The summed E-state index contributed by atoms with van der Waals surface area (Å²) in [6, 6.07) is 0. The molecule has 0 spiro atoms. The van der Waals surface area contributed by atoms with Crippen molar-refractivity contribution >= 4 is 9.39 Å². The molecule has 0 aromatic heterocycles. The molecule has 2 fully saturated rings. The maximum absolute atomic E-state index is 2.83. The smallest absolute Gasteiger partial charge is 0.00479 e. The van der Waals surface area contributed by atoms with Crippen molar-refractivity contribution in [1.82, 2.24) is 4.67 Å². The molecular formula is C8H16NP. The van der Waals surface area contributed by atoms with Gasteiger partial charge < -0.3 is 0 Å². The first-order chi connectivity index (χ1) is 4.75. The maximum atomic E-state index is 2.83. The molecule has 1 nitrogen and oxygen atoms in total. The summed E-state index contributed by atoms with van der Waals surface area (Å²) in [6.45, 7) is 5.06. The van der Waals surface area contributed by atoms with Crippen LogP contribution in [0.3, 0.4) is 0 Å². The summed E-state index contributed by atoms with van der Waals surface area (Å²) in [5.74, 6) is 3.08. The van der Waals surface area contributed by atoms with Crippen LogP contribution in [0.25, 0.3) is 0 Å². The first-order valence-corrected chi connectivity index (χ1v) is 4.77. The molecule has 1 aliphatic carbocycles. The molecule has 2 aliphatic rings. The monoisotopic (exact) mass is 157 g/mol. The second-order valence-electron chi connectivity index (χ2n) is 4.05. The minimum Gasteiger partial charge on any atom is -0.287 e. The van der Waals surface area contributed by atoms with Gasteiger partial charge in [0.05, 0.1) is 0 Å². The number of hydrogen-bond acceptors (Lipinski definition) is 1. The van der Waals surface area contributed by atoms with E-state index in [2.05, 4.69) is 21.0 Å². The lowest BCUT2D eigenvalue weighted by molar-refractivity contribution is 0.463.